The van der Waals surface area contributed by atoms with Crippen molar-refractivity contribution in [1.82, 2.24) is 20.3 Å². The Labute approximate surface area is 210 Å². The number of carbonyl (C=O) groups is 1. The third kappa shape index (κ3) is 5.93. The Hall–Kier alpha value is -3.45. The Balaban J connectivity index is 1.94. The highest BCUT2D eigenvalue weighted by molar-refractivity contribution is 6.33. The zero-order chi connectivity index (χ0) is 27.8. The van der Waals surface area contributed by atoms with E-state index in [1.54, 1.807) is 0 Å². The van der Waals surface area contributed by atoms with Crippen molar-refractivity contribution in [3.63, 3.8) is 0 Å². The first kappa shape index (κ1) is 28.1. The molecule has 0 radical (unpaired) electrons. The second kappa shape index (κ2) is 10.1. The number of H-pyrrole nitrogens is 1. The number of rotatable bonds is 6. The molecule has 0 saturated carbocycles. The molecule has 37 heavy (non-hydrogen) atoms. The third-order valence-electron chi connectivity index (χ3n) is 5.56. The van der Waals surface area contributed by atoms with Gasteiger partial charge in [-0.3, -0.25) is 9.78 Å². The average Bonchev–Trinajstić information content (AvgIpc) is 2.80. The molecule has 2 aromatic carbocycles. The summed E-state index contributed by atoms with van der Waals surface area (Å²) in [5, 5.41) is 2.24. The molecule has 1 heterocycles. The smallest absolute Gasteiger partial charge is 0.361 e. The summed E-state index contributed by atoms with van der Waals surface area (Å²) in [6.45, 7) is 1.49. The van der Waals surface area contributed by atoms with Gasteiger partial charge in [0.15, 0.2) is 5.82 Å². The van der Waals surface area contributed by atoms with Gasteiger partial charge in [-0.1, -0.05) is 23.7 Å². The van der Waals surface area contributed by atoms with Crippen LogP contribution >= 0.6 is 11.6 Å². The summed E-state index contributed by atoms with van der Waals surface area (Å²) >= 11 is 6.23. The molecule has 0 aliphatic heterocycles. The molecule has 3 aromatic rings. The molecule has 1 unspecified atom stereocenters. The van der Waals surface area contributed by atoms with Crippen LogP contribution in [-0.2, 0) is 22.3 Å². The standard InChI is InChI=1S/C23H19ClF6N4O3/c1-11-8-13(5-6-15(11)22(25,26)27)17-32-18(34-20(36)33-17)14-9-12(4-7-16(14)24)10-31-19(35)21(2,37-3)23(28,29)30/h4-9H,10H2,1-3H3,(H,31,35)(H,32,33,34,36). The van der Waals surface area contributed by atoms with Crippen LogP contribution in [0.15, 0.2) is 41.2 Å². The van der Waals surface area contributed by atoms with Crippen molar-refractivity contribution < 1.29 is 35.9 Å². The van der Waals surface area contributed by atoms with Gasteiger partial charge in [0.05, 0.1) is 10.6 Å². The fraction of sp³-hybridized carbons (Fsp3) is 0.304. The van der Waals surface area contributed by atoms with Gasteiger partial charge in [-0.2, -0.15) is 31.3 Å². The topological polar surface area (TPSA) is 97.0 Å². The molecule has 7 nitrogen and oxygen atoms in total. The number of nitrogens with one attached hydrogen (secondary N) is 2. The van der Waals surface area contributed by atoms with E-state index >= 15 is 0 Å². The lowest BCUT2D eigenvalue weighted by atomic mass is 10.0. The van der Waals surface area contributed by atoms with E-state index in [0.717, 1.165) is 19.2 Å². The maximum absolute atomic E-state index is 13.2. The monoisotopic (exact) mass is 548 g/mol. The summed E-state index contributed by atoms with van der Waals surface area (Å²) in [6.07, 6.45) is -9.53. The molecule has 1 aromatic heterocycles. The third-order valence-corrected chi connectivity index (χ3v) is 5.89. The number of nitrogens with zero attached hydrogens (tertiary/aromatic N) is 2. The number of hydrogen-bond donors (Lipinski definition) is 2. The van der Waals surface area contributed by atoms with Crippen LogP contribution in [0.5, 0.6) is 0 Å². The molecule has 0 spiro atoms. The highest BCUT2D eigenvalue weighted by atomic mass is 35.5. The van der Waals surface area contributed by atoms with Crippen molar-refractivity contribution in [2.24, 2.45) is 0 Å². The molecule has 2 N–H and O–H groups in total. The molecule has 1 amide bonds. The summed E-state index contributed by atoms with van der Waals surface area (Å²) in [7, 11) is 0.759. The van der Waals surface area contributed by atoms with Crippen molar-refractivity contribution in [3.8, 4) is 22.8 Å². The molecule has 0 bridgehead atoms. The fourth-order valence-electron chi connectivity index (χ4n) is 3.31. The van der Waals surface area contributed by atoms with Gasteiger partial charge >= 0.3 is 18.0 Å². The predicted octanol–water partition coefficient (Wildman–Crippen LogP) is 5.06. The van der Waals surface area contributed by atoms with E-state index in [0.29, 0.717) is 12.5 Å². The molecule has 14 heteroatoms. The molecule has 0 fully saturated rings. The lowest BCUT2D eigenvalue weighted by Gasteiger charge is -2.29. The zero-order valence-corrected chi connectivity index (χ0v) is 20.2. The van der Waals surface area contributed by atoms with Gasteiger partial charge in [0.2, 0.25) is 5.60 Å². The van der Waals surface area contributed by atoms with Crippen LogP contribution in [0, 0.1) is 6.92 Å². The number of alkyl halides is 6. The van der Waals surface area contributed by atoms with Crippen LogP contribution < -0.4 is 11.0 Å². The Kier molecular flexibility index (Phi) is 7.70. The van der Waals surface area contributed by atoms with Crippen LogP contribution in [0.4, 0.5) is 26.3 Å². The Morgan fingerprint density at radius 2 is 1.76 bits per heavy atom. The Bertz CT molecular complexity index is 1390. The van der Waals surface area contributed by atoms with E-state index in [1.165, 1.54) is 31.2 Å². The number of benzene rings is 2. The number of aromatic nitrogens is 3. The number of amides is 1. The SMILES string of the molecule is COC(C)(C(=O)NCc1ccc(Cl)c(-c2nc(-c3ccc(C(F)(F)F)c(C)c3)nc(=O)[nH]2)c1)C(F)(F)F. The highest BCUT2D eigenvalue weighted by Gasteiger charge is 2.57. The largest absolute Gasteiger partial charge is 0.426 e. The van der Waals surface area contributed by atoms with E-state index in [-0.39, 0.29) is 39.9 Å². The minimum Gasteiger partial charge on any atom is -0.361 e. The number of aromatic amines is 1. The Morgan fingerprint density at radius 3 is 2.32 bits per heavy atom. The molecule has 3 rings (SSSR count). The second-order valence-electron chi connectivity index (χ2n) is 8.09. The van der Waals surface area contributed by atoms with Crippen LogP contribution in [0.25, 0.3) is 22.8 Å². The molecule has 0 aliphatic rings. The van der Waals surface area contributed by atoms with E-state index < -0.39 is 35.1 Å². The number of aryl methyl sites for hydroxylation is 1. The lowest BCUT2D eigenvalue weighted by molar-refractivity contribution is -0.253. The number of halogens is 7. The van der Waals surface area contributed by atoms with Gasteiger partial charge in [0.1, 0.15) is 5.82 Å². The molecular weight excluding hydrogens is 530 g/mol. The van der Waals surface area contributed by atoms with Gasteiger partial charge in [-0.15, -0.1) is 0 Å². The van der Waals surface area contributed by atoms with Crippen molar-refractivity contribution in [2.45, 2.75) is 38.3 Å². The summed E-state index contributed by atoms with van der Waals surface area (Å²) < 4.78 is 83.3. The first-order valence-corrected chi connectivity index (χ1v) is 10.8. The summed E-state index contributed by atoms with van der Waals surface area (Å²) in [5.74, 6) is -1.69. The fourth-order valence-corrected chi connectivity index (χ4v) is 3.52. The van der Waals surface area contributed by atoms with Gasteiger partial charge in [0.25, 0.3) is 5.91 Å². The second-order valence-corrected chi connectivity index (χ2v) is 8.49. The van der Waals surface area contributed by atoms with E-state index in [9.17, 15) is 35.9 Å². The van der Waals surface area contributed by atoms with Crippen molar-refractivity contribution in [1.29, 1.82) is 0 Å². The summed E-state index contributed by atoms with van der Waals surface area (Å²) in [6, 6.07) is 7.33. The van der Waals surface area contributed by atoms with Gasteiger partial charge in [0, 0.05) is 24.8 Å². The summed E-state index contributed by atoms with van der Waals surface area (Å²) in [4.78, 5) is 34.7. The molecule has 1 atom stereocenters. The van der Waals surface area contributed by atoms with Crippen LogP contribution in [-0.4, -0.2) is 39.7 Å². The zero-order valence-electron chi connectivity index (χ0n) is 19.4. The number of hydrogen-bond acceptors (Lipinski definition) is 5. The lowest BCUT2D eigenvalue weighted by Crippen LogP contribution is -2.55. The first-order valence-electron chi connectivity index (χ1n) is 10.4. The molecule has 0 aliphatic carbocycles. The van der Waals surface area contributed by atoms with Crippen molar-refractivity contribution >= 4 is 17.5 Å². The minimum atomic E-state index is -4.97. The highest BCUT2D eigenvalue weighted by Crippen LogP contribution is 2.35. The first-order chi connectivity index (χ1) is 17.1. The van der Waals surface area contributed by atoms with E-state index in [1.807, 2.05) is 0 Å². The van der Waals surface area contributed by atoms with Crippen LogP contribution in [0.2, 0.25) is 5.02 Å². The number of ether oxygens (including phenoxy) is 1. The van der Waals surface area contributed by atoms with E-state index in [2.05, 4.69) is 25.0 Å². The summed E-state index contributed by atoms with van der Waals surface area (Å²) in [5.41, 5.74) is -4.31. The molecule has 0 saturated heterocycles. The van der Waals surface area contributed by atoms with Crippen molar-refractivity contribution in [2.75, 3.05) is 7.11 Å². The van der Waals surface area contributed by atoms with Crippen LogP contribution in [0.3, 0.4) is 0 Å². The quantitative estimate of drug-likeness (QED) is 0.420. The molecule has 198 valence electrons. The maximum Gasteiger partial charge on any atom is 0.426 e. The van der Waals surface area contributed by atoms with Crippen LogP contribution in [0.1, 0.15) is 23.6 Å². The Morgan fingerprint density at radius 1 is 1.08 bits per heavy atom. The average molecular weight is 549 g/mol. The van der Waals surface area contributed by atoms with Gasteiger partial charge < -0.3 is 10.1 Å². The number of methoxy groups -OCH3 is 1. The minimum absolute atomic E-state index is 0.0935. The normalized spacial score (nSPS) is 13.8. The molecular formula is C23H19ClF6N4O3. The van der Waals surface area contributed by atoms with Gasteiger partial charge in [-0.05, 0) is 49.2 Å². The van der Waals surface area contributed by atoms with Crippen molar-refractivity contribution in [3.05, 3.63) is 68.6 Å². The van der Waals surface area contributed by atoms with E-state index in [4.69, 9.17) is 11.6 Å². The number of carbonyl (C=O) groups excluding carboxylic acids is 1. The maximum atomic E-state index is 13.2. The predicted molar refractivity (Wildman–Crippen MR) is 122 cm³/mol. The van der Waals surface area contributed by atoms with Gasteiger partial charge in [-0.25, -0.2) is 9.78 Å².